The summed E-state index contributed by atoms with van der Waals surface area (Å²) in [4.78, 5) is 33.3. The van der Waals surface area contributed by atoms with Crippen LogP contribution in [-0.4, -0.2) is 63.3 Å². The van der Waals surface area contributed by atoms with Gasteiger partial charge in [-0.05, 0) is 19.1 Å². The van der Waals surface area contributed by atoms with Crippen molar-refractivity contribution in [3.8, 4) is 28.4 Å². The summed E-state index contributed by atoms with van der Waals surface area (Å²) in [7, 11) is 4.36. The fourth-order valence-corrected chi connectivity index (χ4v) is 3.93. The molecule has 0 atom stereocenters. The molecule has 1 aromatic carbocycles. The Balaban J connectivity index is 1.93. The third-order valence-corrected chi connectivity index (χ3v) is 5.92. The topological polar surface area (TPSA) is 143 Å². The van der Waals surface area contributed by atoms with Gasteiger partial charge in [-0.1, -0.05) is 0 Å². The van der Waals surface area contributed by atoms with Crippen LogP contribution in [0.2, 0.25) is 0 Å². The Kier molecular flexibility index (Phi) is 8.28. The molecule has 0 aliphatic carbocycles. The van der Waals surface area contributed by atoms with Gasteiger partial charge in [0.2, 0.25) is 5.95 Å². The number of ether oxygens (including phenoxy) is 3. The Morgan fingerprint density at radius 2 is 1.76 bits per heavy atom. The molecule has 0 aliphatic heterocycles. The van der Waals surface area contributed by atoms with Gasteiger partial charge in [0.05, 0.1) is 20.8 Å². The Labute approximate surface area is 231 Å². The smallest absolute Gasteiger partial charge is 0.435 e. The van der Waals surface area contributed by atoms with Crippen LogP contribution in [0.4, 0.5) is 24.8 Å². The molecule has 0 saturated carbocycles. The minimum atomic E-state index is -4.73. The zero-order valence-corrected chi connectivity index (χ0v) is 22.3. The standard InChI is InChI=1S/C26H25F3N6O6/c1-14-7-21(26(27,28)29)33-35(14)22-20(15-8-19(24(37)38)23(36)34(13-15)5-6-39-2)12-30-25(32-22)31-16-9-17(40-3)11-18(10-16)41-4/h7-13H,5-6H2,1-4H3,(H,37,38)(H,30,31,32). The number of anilines is 2. The summed E-state index contributed by atoms with van der Waals surface area (Å²) < 4.78 is 58.2. The summed E-state index contributed by atoms with van der Waals surface area (Å²) in [5.41, 5.74) is -1.66. The summed E-state index contributed by atoms with van der Waals surface area (Å²) in [5, 5.41) is 16.3. The molecule has 12 nitrogen and oxygen atoms in total. The number of hydrogen-bond acceptors (Lipinski definition) is 9. The number of pyridine rings is 1. The van der Waals surface area contributed by atoms with Crippen molar-refractivity contribution in [3.63, 3.8) is 0 Å². The molecule has 0 fully saturated rings. The second kappa shape index (κ2) is 11.7. The van der Waals surface area contributed by atoms with Crippen molar-refractivity contribution < 1.29 is 37.3 Å². The van der Waals surface area contributed by atoms with Crippen molar-refractivity contribution in [2.24, 2.45) is 0 Å². The molecule has 0 bridgehead atoms. The molecule has 0 saturated heterocycles. The zero-order chi connectivity index (χ0) is 29.9. The number of nitrogens with zero attached hydrogens (tertiary/aromatic N) is 5. The van der Waals surface area contributed by atoms with Crippen LogP contribution in [0, 0.1) is 6.92 Å². The predicted octanol–water partition coefficient (Wildman–Crippen LogP) is 3.92. The molecule has 3 aromatic heterocycles. The minimum Gasteiger partial charge on any atom is -0.497 e. The molecule has 0 radical (unpaired) electrons. The number of hydrogen-bond donors (Lipinski definition) is 2. The Morgan fingerprint density at radius 3 is 2.32 bits per heavy atom. The Hall–Kier alpha value is -4.92. The van der Waals surface area contributed by atoms with Gasteiger partial charge < -0.3 is 29.2 Å². The van der Waals surface area contributed by atoms with Gasteiger partial charge in [0.15, 0.2) is 11.5 Å². The van der Waals surface area contributed by atoms with Gasteiger partial charge >= 0.3 is 12.1 Å². The van der Waals surface area contributed by atoms with E-state index in [-0.39, 0.29) is 41.7 Å². The van der Waals surface area contributed by atoms with Crippen molar-refractivity contribution in [2.45, 2.75) is 19.6 Å². The second-order valence-electron chi connectivity index (χ2n) is 8.68. The molecule has 0 spiro atoms. The first-order valence-electron chi connectivity index (χ1n) is 11.9. The molecule has 216 valence electrons. The lowest BCUT2D eigenvalue weighted by atomic mass is 10.1. The van der Waals surface area contributed by atoms with Crippen LogP contribution >= 0.6 is 0 Å². The molecule has 0 amide bonds. The van der Waals surface area contributed by atoms with Crippen LogP contribution < -0.4 is 20.3 Å². The summed E-state index contributed by atoms with van der Waals surface area (Å²) in [6.07, 6.45) is -2.08. The average Bonchev–Trinajstić information content (AvgIpc) is 3.34. The normalized spacial score (nSPS) is 11.4. The van der Waals surface area contributed by atoms with E-state index in [9.17, 15) is 27.9 Å². The fraction of sp³-hybridized carbons (Fsp3) is 0.269. The number of benzene rings is 1. The van der Waals surface area contributed by atoms with Gasteiger partial charge in [-0.2, -0.15) is 23.3 Å². The number of halogens is 3. The first-order valence-corrected chi connectivity index (χ1v) is 11.9. The SMILES string of the molecule is COCCn1cc(-c2cnc(Nc3cc(OC)cc(OC)c3)nc2-n2nc(C(F)(F)F)cc2C)cc(C(=O)O)c1=O. The molecule has 15 heteroatoms. The predicted molar refractivity (Wildman–Crippen MR) is 140 cm³/mol. The van der Waals surface area contributed by atoms with Crippen LogP contribution in [0.15, 0.2) is 47.5 Å². The maximum atomic E-state index is 13.5. The molecular formula is C26H25F3N6O6. The quantitative estimate of drug-likeness (QED) is 0.286. The maximum Gasteiger partial charge on any atom is 0.435 e. The number of carboxylic acids is 1. The molecular weight excluding hydrogens is 549 g/mol. The first-order chi connectivity index (χ1) is 19.4. The monoisotopic (exact) mass is 574 g/mol. The van der Waals surface area contributed by atoms with Crippen molar-refractivity contribution in [1.29, 1.82) is 0 Å². The number of carbonyl (C=O) groups is 1. The number of rotatable bonds is 10. The van der Waals surface area contributed by atoms with Crippen LogP contribution in [0.25, 0.3) is 16.9 Å². The number of methoxy groups -OCH3 is 3. The molecule has 0 unspecified atom stereocenters. The summed E-state index contributed by atoms with van der Waals surface area (Å²) in [5.74, 6) is -0.681. The molecule has 41 heavy (non-hydrogen) atoms. The van der Waals surface area contributed by atoms with Crippen LogP contribution in [0.5, 0.6) is 11.5 Å². The van der Waals surface area contributed by atoms with Crippen molar-refractivity contribution in [3.05, 3.63) is 70.0 Å². The van der Waals surface area contributed by atoms with E-state index in [1.54, 1.807) is 18.2 Å². The third kappa shape index (κ3) is 6.30. The van der Waals surface area contributed by atoms with E-state index in [2.05, 4.69) is 20.4 Å². The molecule has 4 rings (SSSR count). The third-order valence-electron chi connectivity index (χ3n) is 5.92. The largest absolute Gasteiger partial charge is 0.497 e. The van der Waals surface area contributed by atoms with Crippen LogP contribution in [0.3, 0.4) is 0 Å². The number of aromatic carboxylic acids is 1. The van der Waals surface area contributed by atoms with E-state index in [4.69, 9.17) is 14.2 Å². The number of aryl methyl sites for hydroxylation is 1. The lowest BCUT2D eigenvalue weighted by molar-refractivity contribution is -0.141. The molecule has 3 heterocycles. The molecule has 0 aliphatic rings. The van der Waals surface area contributed by atoms with Gasteiger partial charge in [0.25, 0.3) is 5.56 Å². The van der Waals surface area contributed by atoms with Crippen LogP contribution in [-0.2, 0) is 17.5 Å². The number of nitrogens with one attached hydrogen (secondary N) is 1. The highest BCUT2D eigenvalue weighted by Crippen LogP contribution is 2.33. The number of alkyl halides is 3. The van der Waals surface area contributed by atoms with Gasteiger partial charge in [-0.15, -0.1) is 0 Å². The highest BCUT2D eigenvalue weighted by atomic mass is 19.4. The highest BCUT2D eigenvalue weighted by Gasteiger charge is 2.35. The summed E-state index contributed by atoms with van der Waals surface area (Å²) in [6.45, 7) is 1.54. The van der Waals surface area contributed by atoms with Crippen molar-refractivity contribution in [1.82, 2.24) is 24.3 Å². The number of carboxylic acid groups (broad SMARTS) is 1. The lowest BCUT2D eigenvalue weighted by Crippen LogP contribution is -2.27. The summed E-state index contributed by atoms with van der Waals surface area (Å²) >= 11 is 0. The highest BCUT2D eigenvalue weighted by molar-refractivity contribution is 5.89. The molecule has 4 aromatic rings. The van der Waals surface area contributed by atoms with Gasteiger partial charge in [0.1, 0.15) is 17.1 Å². The number of aromatic nitrogens is 5. The lowest BCUT2D eigenvalue weighted by Gasteiger charge is -2.15. The maximum absolute atomic E-state index is 13.5. The molecule has 2 N–H and O–H groups in total. The van der Waals surface area contributed by atoms with Gasteiger partial charge in [-0.25, -0.2) is 14.5 Å². The van der Waals surface area contributed by atoms with E-state index >= 15 is 0 Å². The van der Waals surface area contributed by atoms with E-state index in [0.29, 0.717) is 17.2 Å². The summed E-state index contributed by atoms with van der Waals surface area (Å²) in [6, 6.07) is 6.87. The fourth-order valence-electron chi connectivity index (χ4n) is 3.93. The minimum absolute atomic E-state index is 0.0197. The van der Waals surface area contributed by atoms with Gasteiger partial charge in [0, 0.05) is 66.8 Å². The van der Waals surface area contributed by atoms with E-state index in [0.717, 1.165) is 21.4 Å². The Bertz CT molecular complexity index is 1630. The van der Waals surface area contributed by atoms with Crippen LogP contribution in [0.1, 0.15) is 21.7 Å². The Morgan fingerprint density at radius 1 is 1.07 bits per heavy atom. The van der Waals surface area contributed by atoms with Gasteiger partial charge in [-0.3, -0.25) is 4.79 Å². The van der Waals surface area contributed by atoms with E-state index in [1.807, 2.05) is 0 Å². The van der Waals surface area contributed by atoms with E-state index < -0.39 is 29.0 Å². The second-order valence-corrected chi connectivity index (χ2v) is 8.68. The first kappa shape index (κ1) is 29.1. The van der Waals surface area contributed by atoms with E-state index in [1.165, 1.54) is 40.6 Å². The average molecular weight is 575 g/mol. The van der Waals surface area contributed by atoms with Crippen molar-refractivity contribution in [2.75, 3.05) is 33.3 Å². The van der Waals surface area contributed by atoms with Crippen molar-refractivity contribution >= 4 is 17.6 Å². The zero-order valence-electron chi connectivity index (χ0n) is 22.3.